The first-order valence-electron chi connectivity index (χ1n) is 6.82. The molecule has 0 fully saturated rings. The summed E-state index contributed by atoms with van der Waals surface area (Å²) in [6, 6.07) is 8.20. The van der Waals surface area contributed by atoms with Crippen LogP contribution in [0.15, 0.2) is 33.6 Å². The maximum absolute atomic E-state index is 12.0. The molecule has 0 bridgehead atoms. The molecule has 0 aliphatic carbocycles. The van der Waals surface area contributed by atoms with Crippen LogP contribution in [0, 0.1) is 0 Å². The Morgan fingerprint density at radius 2 is 2.00 bits per heavy atom. The van der Waals surface area contributed by atoms with Gasteiger partial charge in [0.05, 0.1) is 6.61 Å². The molecule has 1 N–H and O–H groups in total. The van der Waals surface area contributed by atoms with Gasteiger partial charge < -0.3 is 10.1 Å². The van der Waals surface area contributed by atoms with Crippen molar-refractivity contribution in [2.75, 3.05) is 18.9 Å². The smallest absolute Gasteiger partial charge is 0.326 e. The van der Waals surface area contributed by atoms with Crippen molar-refractivity contribution < 1.29 is 9.53 Å². The van der Waals surface area contributed by atoms with Crippen LogP contribution in [-0.2, 0) is 9.53 Å². The summed E-state index contributed by atoms with van der Waals surface area (Å²) in [5.41, 5.74) is -0.604. The van der Waals surface area contributed by atoms with Crippen molar-refractivity contribution in [3.05, 3.63) is 28.7 Å². The van der Waals surface area contributed by atoms with Crippen LogP contribution in [-0.4, -0.2) is 30.4 Å². The quantitative estimate of drug-likeness (QED) is 0.564. The third-order valence-electron chi connectivity index (χ3n) is 2.98. The molecule has 0 radical (unpaired) electrons. The van der Waals surface area contributed by atoms with E-state index in [1.165, 1.54) is 4.90 Å². The predicted octanol–water partition coefficient (Wildman–Crippen LogP) is 3.86. The minimum Gasteiger partial charge on any atom is -0.465 e. The Labute approximate surface area is 134 Å². The maximum atomic E-state index is 12.0. The number of hydrogen-bond acceptors (Lipinski definition) is 4. The molecule has 0 aliphatic heterocycles. The minimum atomic E-state index is -0.604. The number of thioether (sulfide) groups is 1. The van der Waals surface area contributed by atoms with Crippen LogP contribution >= 0.6 is 27.7 Å². The van der Waals surface area contributed by atoms with Crippen LogP contribution in [0.4, 0.5) is 0 Å². The SMILES string of the molecule is CCNC(C)(CCSc1ccc(Br)cc1)C(=O)OCC. The van der Waals surface area contributed by atoms with Gasteiger partial charge >= 0.3 is 5.97 Å². The van der Waals surface area contributed by atoms with Crippen molar-refractivity contribution in [3.63, 3.8) is 0 Å². The Kier molecular flexibility index (Phi) is 7.62. The molecule has 3 nitrogen and oxygen atoms in total. The largest absolute Gasteiger partial charge is 0.465 e. The minimum absolute atomic E-state index is 0.168. The van der Waals surface area contributed by atoms with E-state index < -0.39 is 5.54 Å². The summed E-state index contributed by atoms with van der Waals surface area (Å²) < 4.78 is 6.24. The summed E-state index contributed by atoms with van der Waals surface area (Å²) in [6.07, 6.45) is 0.737. The van der Waals surface area contributed by atoms with Gasteiger partial charge in [-0.05, 0) is 51.1 Å². The Hall–Kier alpha value is -0.520. The maximum Gasteiger partial charge on any atom is 0.326 e. The highest BCUT2D eigenvalue weighted by atomic mass is 79.9. The van der Waals surface area contributed by atoms with E-state index >= 15 is 0 Å². The summed E-state index contributed by atoms with van der Waals surface area (Å²) in [5, 5.41) is 3.24. The lowest BCUT2D eigenvalue weighted by molar-refractivity contribution is -0.150. The van der Waals surface area contributed by atoms with Crippen LogP contribution in [0.2, 0.25) is 0 Å². The molecule has 20 heavy (non-hydrogen) atoms. The summed E-state index contributed by atoms with van der Waals surface area (Å²) in [5.74, 6) is 0.697. The fourth-order valence-electron chi connectivity index (χ4n) is 1.85. The molecule has 0 saturated carbocycles. The van der Waals surface area contributed by atoms with Crippen molar-refractivity contribution in [2.24, 2.45) is 0 Å². The molecule has 5 heteroatoms. The highest BCUT2D eigenvalue weighted by molar-refractivity contribution is 9.10. The van der Waals surface area contributed by atoms with E-state index in [1.807, 2.05) is 32.9 Å². The molecule has 0 saturated heterocycles. The molecule has 1 aromatic rings. The van der Waals surface area contributed by atoms with Crippen molar-refractivity contribution in [3.8, 4) is 0 Å². The molecule has 0 aromatic heterocycles. The van der Waals surface area contributed by atoms with E-state index in [9.17, 15) is 4.79 Å². The van der Waals surface area contributed by atoms with Gasteiger partial charge in [0.2, 0.25) is 0 Å². The van der Waals surface area contributed by atoms with Crippen molar-refractivity contribution in [1.29, 1.82) is 0 Å². The van der Waals surface area contributed by atoms with E-state index in [2.05, 4.69) is 33.4 Å². The average molecular weight is 360 g/mol. The molecule has 0 amide bonds. The Balaban J connectivity index is 2.54. The zero-order chi connectivity index (χ0) is 15.0. The molecule has 1 rings (SSSR count). The topological polar surface area (TPSA) is 38.3 Å². The standard InChI is InChI=1S/C15H22BrNO2S/c1-4-17-15(3,14(18)19-5-2)10-11-20-13-8-6-12(16)7-9-13/h6-9,17H,4-5,10-11H2,1-3H3. The van der Waals surface area contributed by atoms with Gasteiger partial charge in [-0.2, -0.15) is 0 Å². The summed E-state index contributed by atoms with van der Waals surface area (Å²) in [6.45, 7) is 6.91. The lowest BCUT2D eigenvalue weighted by atomic mass is 9.99. The number of halogens is 1. The van der Waals surface area contributed by atoms with Crippen LogP contribution in [0.3, 0.4) is 0 Å². The van der Waals surface area contributed by atoms with Gasteiger partial charge in [0.25, 0.3) is 0 Å². The number of nitrogens with one attached hydrogen (secondary N) is 1. The summed E-state index contributed by atoms with van der Waals surface area (Å²) in [4.78, 5) is 13.2. The fourth-order valence-corrected chi connectivity index (χ4v) is 3.19. The summed E-state index contributed by atoms with van der Waals surface area (Å²) >= 11 is 5.17. The summed E-state index contributed by atoms with van der Waals surface area (Å²) in [7, 11) is 0. The second-order valence-electron chi connectivity index (χ2n) is 4.64. The average Bonchev–Trinajstić information content (AvgIpc) is 2.41. The van der Waals surface area contributed by atoms with Gasteiger partial charge in [0.1, 0.15) is 5.54 Å². The van der Waals surface area contributed by atoms with Gasteiger partial charge in [-0.3, -0.25) is 4.79 Å². The first-order valence-corrected chi connectivity index (χ1v) is 8.60. The Morgan fingerprint density at radius 3 is 2.55 bits per heavy atom. The number of esters is 1. The van der Waals surface area contributed by atoms with Gasteiger partial charge in [0, 0.05) is 15.1 Å². The molecular weight excluding hydrogens is 338 g/mol. The molecular formula is C15H22BrNO2S. The predicted molar refractivity (Wildman–Crippen MR) is 88.2 cm³/mol. The van der Waals surface area contributed by atoms with Gasteiger partial charge in [-0.15, -0.1) is 11.8 Å². The lowest BCUT2D eigenvalue weighted by Gasteiger charge is -2.27. The number of rotatable bonds is 8. The second-order valence-corrected chi connectivity index (χ2v) is 6.72. The monoisotopic (exact) mass is 359 g/mol. The fraction of sp³-hybridized carbons (Fsp3) is 0.533. The number of likely N-dealkylation sites (N-methyl/N-ethyl adjacent to an activating group) is 1. The molecule has 1 unspecified atom stereocenters. The second kappa shape index (κ2) is 8.70. The third-order valence-corrected chi connectivity index (χ3v) is 4.52. The number of ether oxygens (including phenoxy) is 1. The number of hydrogen-bond donors (Lipinski definition) is 1. The van der Waals surface area contributed by atoms with Gasteiger partial charge in [-0.25, -0.2) is 0 Å². The van der Waals surface area contributed by atoms with E-state index in [1.54, 1.807) is 11.8 Å². The van der Waals surface area contributed by atoms with E-state index in [-0.39, 0.29) is 5.97 Å². The number of benzene rings is 1. The first kappa shape index (κ1) is 17.5. The molecule has 112 valence electrons. The van der Waals surface area contributed by atoms with Crippen LogP contribution in [0.1, 0.15) is 27.2 Å². The van der Waals surface area contributed by atoms with Crippen LogP contribution < -0.4 is 5.32 Å². The van der Waals surface area contributed by atoms with Crippen LogP contribution in [0.25, 0.3) is 0 Å². The molecule has 1 atom stereocenters. The highest BCUT2D eigenvalue weighted by Crippen LogP contribution is 2.24. The van der Waals surface area contributed by atoms with Crippen molar-refractivity contribution >= 4 is 33.7 Å². The van der Waals surface area contributed by atoms with Gasteiger partial charge in [-0.1, -0.05) is 22.9 Å². The van der Waals surface area contributed by atoms with E-state index in [0.717, 1.165) is 23.2 Å². The first-order chi connectivity index (χ1) is 9.51. The number of carbonyl (C=O) groups excluding carboxylic acids is 1. The molecule has 0 aliphatic rings. The van der Waals surface area contributed by atoms with Crippen molar-refractivity contribution in [2.45, 2.75) is 37.6 Å². The van der Waals surface area contributed by atoms with Crippen molar-refractivity contribution in [1.82, 2.24) is 5.32 Å². The van der Waals surface area contributed by atoms with Crippen LogP contribution in [0.5, 0.6) is 0 Å². The third kappa shape index (κ3) is 5.46. The Morgan fingerprint density at radius 1 is 1.35 bits per heavy atom. The zero-order valence-corrected chi connectivity index (χ0v) is 14.6. The number of carbonyl (C=O) groups is 1. The lowest BCUT2D eigenvalue weighted by Crippen LogP contribution is -2.50. The van der Waals surface area contributed by atoms with E-state index in [0.29, 0.717) is 6.61 Å². The normalized spacial score (nSPS) is 13.8. The Bertz CT molecular complexity index is 424. The molecule has 1 aromatic carbocycles. The van der Waals surface area contributed by atoms with E-state index in [4.69, 9.17) is 4.74 Å². The van der Waals surface area contributed by atoms with Gasteiger partial charge in [0.15, 0.2) is 0 Å². The highest BCUT2D eigenvalue weighted by Gasteiger charge is 2.33. The molecule has 0 spiro atoms. The zero-order valence-electron chi connectivity index (χ0n) is 12.2. The molecule has 0 heterocycles.